The zero-order valence-corrected chi connectivity index (χ0v) is 23.7. The Balaban J connectivity index is 1.56. The molecule has 0 amide bonds. The third-order valence-electron chi connectivity index (χ3n) is 12.5. The highest BCUT2D eigenvalue weighted by Crippen LogP contribution is 2.75. The normalized spacial score (nSPS) is 45.0. The highest BCUT2D eigenvalue weighted by atomic mass is 16.5. The summed E-state index contributed by atoms with van der Waals surface area (Å²) in [5.41, 5.74) is 3.25. The van der Waals surface area contributed by atoms with Crippen molar-refractivity contribution in [3.8, 4) is 0 Å². The second-order valence-corrected chi connectivity index (χ2v) is 14.3. The quantitative estimate of drug-likeness (QED) is 0.308. The predicted molar refractivity (Wildman–Crippen MR) is 144 cm³/mol. The molecule has 3 heteroatoms. The van der Waals surface area contributed by atoms with Gasteiger partial charge in [-0.3, -0.25) is 4.79 Å². The standard InChI is InChI=1S/C32H52O3/c1-20(2)25(34)12-10-21(3)23-14-18-31(8)24(23)11-13-27-30(7)17-16-28(35-22(4)33)29(5,6)26(30)15-19-32(27,31)9/h23-28,34H,1,3,10-19H2,2,4-9H3/t23-,24-,25-,26+,27-,28+,30+,31+,32-/m1/s1. The molecule has 35 heavy (non-hydrogen) atoms. The van der Waals surface area contributed by atoms with E-state index >= 15 is 0 Å². The van der Waals surface area contributed by atoms with Gasteiger partial charge in [0.2, 0.25) is 0 Å². The lowest BCUT2D eigenvalue weighted by Crippen LogP contribution is -2.64. The fraction of sp³-hybridized carbons (Fsp3) is 0.844. The Morgan fingerprint density at radius 2 is 1.57 bits per heavy atom. The molecule has 0 saturated heterocycles. The van der Waals surface area contributed by atoms with Gasteiger partial charge in [-0.25, -0.2) is 0 Å². The molecular weight excluding hydrogens is 432 g/mol. The molecule has 3 nitrogen and oxygen atoms in total. The fourth-order valence-electron chi connectivity index (χ4n) is 10.4. The number of hydrogen-bond acceptors (Lipinski definition) is 3. The van der Waals surface area contributed by atoms with Crippen molar-refractivity contribution >= 4 is 5.97 Å². The van der Waals surface area contributed by atoms with Crippen LogP contribution >= 0.6 is 0 Å². The van der Waals surface area contributed by atoms with Crippen LogP contribution in [0.4, 0.5) is 0 Å². The SMILES string of the molecule is C=C(C)[C@H](O)CCC(=C)[C@H]1CC[C@@]2(C)[C@@H]1CC[C@@H]1[C@@]3(C)CC[C@H](OC(C)=O)C(C)(C)[C@@H]3CC[C@]12C. The summed E-state index contributed by atoms with van der Waals surface area (Å²) < 4.78 is 5.87. The minimum absolute atomic E-state index is 0.0222. The molecule has 4 aliphatic carbocycles. The summed E-state index contributed by atoms with van der Waals surface area (Å²) in [4.78, 5) is 11.8. The molecule has 0 unspecified atom stereocenters. The van der Waals surface area contributed by atoms with Crippen molar-refractivity contribution in [3.63, 3.8) is 0 Å². The summed E-state index contributed by atoms with van der Waals surface area (Å²) in [6, 6.07) is 0. The first-order valence-corrected chi connectivity index (χ1v) is 14.4. The van der Waals surface area contributed by atoms with Crippen LogP contribution in [0.3, 0.4) is 0 Å². The minimum Gasteiger partial charge on any atom is -0.462 e. The van der Waals surface area contributed by atoms with E-state index in [2.05, 4.69) is 47.8 Å². The van der Waals surface area contributed by atoms with E-state index in [1.54, 1.807) is 6.92 Å². The number of rotatable bonds is 6. The molecule has 9 atom stereocenters. The maximum absolute atomic E-state index is 11.8. The zero-order chi connectivity index (χ0) is 26.0. The molecule has 0 aromatic rings. The largest absolute Gasteiger partial charge is 0.462 e. The van der Waals surface area contributed by atoms with Crippen LogP contribution in [0, 0.1) is 45.3 Å². The molecule has 4 fully saturated rings. The van der Waals surface area contributed by atoms with Crippen molar-refractivity contribution in [3.05, 3.63) is 24.3 Å². The van der Waals surface area contributed by atoms with E-state index in [1.165, 1.54) is 50.5 Å². The maximum Gasteiger partial charge on any atom is 0.302 e. The molecule has 0 aromatic carbocycles. The summed E-state index contributed by atoms with van der Waals surface area (Å²) in [6.07, 6.45) is 11.2. The van der Waals surface area contributed by atoms with Gasteiger partial charge in [-0.05, 0) is 111 Å². The lowest BCUT2D eigenvalue weighted by atomic mass is 9.35. The number of carbonyl (C=O) groups is 1. The van der Waals surface area contributed by atoms with E-state index in [0.717, 1.165) is 30.8 Å². The Morgan fingerprint density at radius 1 is 0.914 bits per heavy atom. The Bertz CT molecular complexity index is 872. The molecule has 0 heterocycles. The van der Waals surface area contributed by atoms with Gasteiger partial charge < -0.3 is 9.84 Å². The number of allylic oxidation sites excluding steroid dienone is 1. The minimum atomic E-state index is -0.409. The van der Waals surface area contributed by atoms with Gasteiger partial charge in [0.25, 0.3) is 0 Å². The molecule has 0 aromatic heterocycles. The Hall–Kier alpha value is -1.09. The smallest absolute Gasteiger partial charge is 0.302 e. The molecule has 4 rings (SSSR count). The Kier molecular flexibility index (Phi) is 6.96. The maximum atomic E-state index is 11.8. The average Bonchev–Trinajstić information content (AvgIpc) is 3.12. The average molecular weight is 485 g/mol. The summed E-state index contributed by atoms with van der Waals surface area (Å²) >= 11 is 0. The van der Waals surface area contributed by atoms with Gasteiger partial charge in [0.15, 0.2) is 0 Å². The number of aliphatic hydroxyl groups excluding tert-OH is 1. The third kappa shape index (κ3) is 4.07. The van der Waals surface area contributed by atoms with Gasteiger partial charge in [-0.15, -0.1) is 0 Å². The monoisotopic (exact) mass is 484 g/mol. The van der Waals surface area contributed by atoms with Crippen LogP contribution in [0.5, 0.6) is 0 Å². The lowest BCUT2D eigenvalue weighted by molar-refractivity contribution is -0.226. The van der Waals surface area contributed by atoms with Crippen molar-refractivity contribution in [2.24, 2.45) is 45.3 Å². The van der Waals surface area contributed by atoms with Crippen molar-refractivity contribution in [1.82, 2.24) is 0 Å². The highest BCUT2D eigenvalue weighted by molar-refractivity contribution is 5.66. The van der Waals surface area contributed by atoms with Gasteiger partial charge in [-0.1, -0.05) is 58.9 Å². The summed E-state index contributed by atoms with van der Waals surface area (Å²) in [5, 5.41) is 10.3. The van der Waals surface area contributed by atoms with E-state index in [9.17, 15) is 9.90 Å². The van der Waals surface area contributed by atoms with Gasteiger partial charge in [-0.2, -0.15) is 0 Å². The van der Waals surface area contributed by atoms with Crippen molar-refractivity contribution < 1.29 is 14.6 Å². The topological polar surface area (TPSA) is 46.5 Å². The third-order valence-corrected chi connectivity index (χ3v) is 12.5. The molecule has 4 saturated carbocycles. The van der Waals surface area contributed by atoms with Crippen LogP contribution in [0.2, 0.25) is 0 Å². The summed E-state index contributed by atoms with van der Waals surface area (Å²) in [7, 11) is 0. The van der Waals surface area contributed by atoms with Crippen LogP contribution in [0.25, 0.3) is 0 Å². The number of hydrogen-bond donors (Lipinski definition) is 1. The van der Waals surface area contributed by atoms with Crippen molar-refractivity contribution in [1.29, 1.82) is 0 Å². The molecule has 198 valence electrons. The summed E-state index contributed by atoms with van der Waals surface area (Å²) in [6.45, 7) is 24.6. The second-order valence-electron chi connectivity index (χ2n) is 14.3. The molecule has 0 aliphatic heterocycles. The van der Waals surface area contributed by atoms with E-state index in [4.69, 9.17) is 4.74 Å². The molecule has 1 N–H and O–H groups in total. The Labute approximate surface area is 215 Å². The number of esters is 1. The molecule has 4 aliphatic rings. The van der Waals surface area contributed by atoms with E-state index < -0.39 is 6.10 Å². The van der Waals surface area contributed by atoms with Crippen LogP contribution in [0.1, 0.15) is 113 Å². The number of carbonyl (C=O) groups excluding carboxylic acids is 1. The fourth-order valence-corrected chi connectivity index (χ4v) is 10.4. The van der Waals surface area contributed by atoms with Crippen molar-refractivity contribution in [2.75, 3.05) is 0 Å². The molecule has 0 radical (unpaired) electrons. The van der Waals surface area contributed by atoms with Crippen LogP contribution in [0.15, 0.2) is 24.3 Å². The zero-order valence-electron chi connectivity index (χ0n) is 23.7. The first-order chi connectivity index (χ1) is 16.2. The number of aliphatic hydroxyl groups is 1. The lowest BCUT2D eigenvalue weighted by Gasteiger charge is -2.70. The highest BCUT2D eigenvalue weighted by Gasteiger charge is 2.68. The first kappa shape index (κ1) is 27.0. The van der Waals surface area contributed by atoms with Crippen molar-refractivity contribution in [2.45, 2.75) is 125 Å². The van der Waals surface area contributed by atoms with Gasteiger partial charge >= 0.3 is 5.97 Å². The molecule has 0 spiro atoms. The number of fused-ring (bicyclic) bond motifs is 5. The Morgan fingerprint density at radius 3 is 2.20 bits per heavy atom. The molecule has 0 bridgehead atoms. The number of ether oxygens (including phenoxy) is 1. The predicted octanol–water partition coefficient (Wildman–Crippen LogP) is 7.88. The van der Waals surface area contributed by atoms with E-state index in [1.807, 2.05) is 6.92 Å². The second kappa shape index (κ2) is 9.03. The van der Waals surface area contributed by atoms with Crippen LogP contribution in [-0.2, 0) is 9.53 Å². The van der Waals surface area contributed by atoms with Gasteiger partial charge in [0.1, 0.15) is 6.10 Å². The summed E-state index contributed by atoms with van der Waals surface area (Å²) in [5.74, 6) is 2.50. The first-order valence-electron chi connectivity index (χ1n) is 14.4. The van der Waals surface area contributed by atoms with Gasteiger partial charge in [0.05, 0.1) is 6.10 Å². The van der Waals surface area contributed by atoms with Crippen LogP contribution < -0.4 is 0 Å². The van der Waals surface area contributed by atoms with E-state index in [0.29, 0.717) is 34.0 Å². The van der Waals surface area contributed by atoms with Gasteiger partial charge in [0, 0.05) is 12.3 Å². The molecular formula is C32H52O3. The van der Waals surface area contributed by atoms with E-state index in [-0.39, 0.29) is 17.5 Å². The van der Waals surface area contributed by atoms with Crippen LogP contribution in [-0.4, -0.2) is 23.3 Å².